The van der Waals surface area contributed by atoms with Gasteiger partial charge >= 0.3 is 0 Å². The molecule has 128 valence electrons. The maximum absolute atomic E-state index is 11.9. The molecule has 2 amide bonds. The molecule has 0 aliphatic carbocycles. The van der Waals surface area contributed by atoms with Crippen molar-refractivity contribution in [2.45, 2.75) is 6.54 Å². The fraction of sp³-hybridized carbons (Fsp3) is 0.211. The van der Waals surface area contributed by atoms with Gasteiger partial charge < -0.3 is 15.5 Å². The third-order valence-electron chi connectivity index (χ3n) is 3.89. The molecule has 0 spiro atoms. The normalized spacial score (nSPS) is 12.9. The van der Waals surface area contributed by atoms with E-state index < -0.39 is 0 Å². The van der Waals surface area contributed by atoms with Crippen LogP contribution in [0.3, 0.4) is 0 Å². The molecule has 0 unspecified atom stereocenters. The lowest BCUT2D eigenvalue weighted by atomic mass is 10.2. The summed E-state index contributed by atoms with van der Waals surface area (Å²) >= 11 is 0. The highest BCUT2D eigenvalue weighted by Crippen LogP contribution is 2.18. The number of benzene rings is 1. The van der Waals surface area contributed by atoms with E-state index in [0.29, 0.717) is 12.2 Å². The second-order valence-corrected chi connectivity index (χ2v) is 5.72. The lowest BCUT2D eigenvalue weighted by molar-refractivity contribution is -0.120. The monoisotopic (exact) mass is 336 g/mol. The standard InChI is InChI=1S/C19H20N4O2/c24-18(14-22-19(25)17-8-1-2-9-20-17)21-13-15-6-5-7-16(12-15)23-10-3-4-11-23/h1-9,12H,10-11,13-14H2,(H,21,24)(H,22,25). The third kappa shape index (κ3) is 4.67. The number of hydrogen-bond donors (Lipinski definition) is 2. The molecule has 0 saturated carbocycles. The van der Waals surface area contributed by atoms with Crippen molar-refractivity contribution in [1.29, 1.82) is 0 Å². The van der Waals surface area contributed by atoms with Gasteiger partial charge in [-0.1, -0.05) is 30.4 Å². The van der Waals surface area contributed by atoms with Crippen molar-refractivity contribution < 1.29 is 9.59 Å². The Morgan fingerprint density at radius 1 is 1.04 bits per heavy atom. The lowest BCUT2D eigenvalue weighted by Crippen LogP contribution is -2.36. The predicted molar refractivity (Wildman–Crippen MR) is 96.2 cm³/mol. The van der Waals surface area contributed by atoms with Crippen molar-refractivity contribution in [1.82, 2.24) is 15.6 Å². The molecule has 0 radical (unpaired) electrons. The summed E-state index contributed by atoms with van der Waals surface area (Å²) < 4.78 is 0. The van der Waals surface area contributed by atoms with Crippen LogP contribution in [0.15, 0.2) is 60.8 Å². The fourth-order valence-corrected chi connectivity index (χ4v) is 2.56. The van der Waals surface area contributed by atoms with Crippen LogP contribution >= 0.6 is 0 Å². The summed E-state index contributed by atoms with van der Waals surface area (Å²) in [5.41, 5.74) is 2.45. The molecule has 0 saturated heterocycles. The SMILES string of the molecule is O=C(CNC(=O)c1ccccn1)NCc1cccc(N2CC=CC2)c1. The van der Waals surface area contributed by atoms with Crippen molar-refractivity contribution >= 4 is 17.5 Å². The van der Waals surface area contributed by atoms with Crippen LogP contribution < -0.4 is 15.5 Å². The summed E-state index contributed by atoms with van der Waals surface area (Å²) in [7, 11) is 0. The number of nitrogens with zero attached hydrogens (tertiary/aromatic N) is 2. The van der Waals surface area contributed by atoms with Gasteiger partial charge in [-0.3, -0.25) is 14.6 Å². The first-order valence-electron chi connectivity index (χ1n) is 8.17. The summed E-state index contributed by atoms with van der Waals surface area (Å²) in [5, 5.41) is 5.38. The Morgan fingerprint density at radius 3 is 2.64 bits per heavy atom. The van der Waals surface area contributed by atoms with E-state index in [9.17, 15) is 9.59 Å². The molecule has 0 bridgehead atoms. The van der Waals surface area contributed by atoms with Crippen LogP contribution in [0.5, 0.6) is 0 Å². The minimum atomic E-state index is -0.362. The van der Waals surface area contributed by atoms with Gasteiger partial charge in [0.1, 0.15) is 5.69 Å². The van der Waals surface area contributed by atoms with E-state index in [1.807, 2.05) is 12.1 Å². The Bertz CT molecular complexity index is 766. The Labute approximate surface area is 146 Å². The summed E-state index contributed by atoms with van der Waals surface area (Å²) in [6.45, 7) is 2.17. The second-order valence-electron chi connectivity index (χ2n) is 5.72. The maximum atomic E-state index is 11.9. The van der Waals surface area contributed by atoms with Crippen LogP contribution in [-0.2, 0) is 11.3 Å². The lowest BCUT2D eigenvalue weighted by Gasteiger charge is -2.18. The summed E-state index contributed by atoms with van der Waals surface area (Å²) in [6, 6.07) is 13.1. The molecule has 2 aromatic rings. The van der Waals surface area contributed by atoms with Crippen molar-refractivity contribution in [3.8, 4) is 0 Å². The van der Waals surface area contributed by atoms with Gasteiger partial charge in [-0.25, -0.2) is 0 Å². The first kappa shape index (κ1) is 16.7. The van der Waals surface area contributed by atoms with Crippen LogP contribution in [0.2, 0.25) is 0 Å². The van der Waals surface area contributed by atoms with Crippen molar-refractivity contribution in [3.05, 3.63) is 72.1 Å². The number of rotatable bonds is 6. The largest absolute Gasteiger partial charge is 0.364 e. The number of nitrogens with one attached hydrogen (secondary N) is 2. The Morgan fingerprint density at radius 2 is 1.88 bits per heavy atom. The smallest absolute Gasteiger partial charge is 0.270 e. The van der Waals surface area contributed by atoms with Crippen molar-refractivity contribution in [2.75, 3.05) is 24.5 Å². The highest BCUT2D eigenvalue weighted by Gasteiger charge is 2.10. The summed E-state index contributed by atoms with van der Waals surface area (Å²) in [4.78, 5) is 30.0. The summed E-state index contributed by atoms with van der Waals surface area (Å²) in [5.74, 6) is -0.600. The quantitative estimate of drug-likeness (QED) is 0.784. The number of carbonyl (C=O) groups is 2. The van der Waals surface area contributed by atoms with Gasteiger partial charge in [0.15, 0.2) is 0 Å². The highest BCUT2D eigenvalue weighted by atomic mass is 16.2. The van der Waals surface area contributed by atoms with Crippen molar-refractivity contribution in [3.63, 3.8) is 0 Å². The zero-order chi connectivity index (χ0) is 17.5. The molecule has 0 fully saturated rings. The maximum Gasteiger partial charge on any atom is 0.270 e. The van der Waals surface area contributed by atoms with Crippen molar-refractivity contribution in [2.24, 2.45) is 0 Å². The fourth-order valence-electron chi connectivity index (χ4n) is 2.56. The van der Waals surface area contributed by atoms with E-state index in [0.717, 1.165) is 24.3 Å². The number of hydrogen-bond acceptors (Lipinski definition) is 4. The highest BCUT2D eigenvalue weighted by molar-refractivity contribution is 5.94. The molecule has 25 heavy (non-hydrogen) atoms. The van der Waals surface area contributed by atoms with Gasteiger partial charge in [-0.05, 0) is 29.8 Å². The van der Waals surface area contributed by atoms with Gasteiger partial charge in [0.05, 0.1) is 6.54 Å². The Hall–Kier alpha value is -3.15. The van der Waals surface area contributed by atoms with E-state index in [-0.39, 0.29) is 18.4 Å². The number of amides is 2. The Kier molecular flexibility index (Phi) is 5.41. The molecule has 1 aromatic heterocycles. The topological polar surface area (TPSA) is 74.3 Å². The van der Waals surface area contributed by atoms with Gasteiger partial charge in [0.25, 0.3) is 5.91 Å². The number of pyridine rings is 1. The zero-order valence-electron chi connectivity index (χ0n) is 13.8. The van der Waals surface area contributed by atoms with Gasteiger partial charge in [-0.15, -0.1) is 0 Å². The molecule has 0 atom stereocenters. The van der Waals surface area contributed by atoms with Crippen LogP contribution in [0.1, 0.15) is 16.1 Å². The minimum absolute atomic E-state index is 0.0782. The van der Waals surface area contributed by atoms with Crippen LogP contribution in [-0.4, -0.2) is 36.4 Å². The molecule has 2 N–H and O–H groups in total. The molecule has 1 aliphatic rings. The van der Waals surface area contributed by atoms with E-state index in [2.05, 4.69) is 44.8 Å². The van der Waals surface area contributed by atoms with E-state index in [1.54, 1.807) is 18.2 Å². The first-order chi connectivity index (χ1) is 12.2. The number of anilines is 1. The van der Waals surface area contributed by atoms with Crippen LogP contribution in [0, 0.1) is 0 Å². The molecule has 3 rings (SSSR count). The Balaban J connectivity index is 1.46. The summed E-state index contributed by atoms with van der Waals surface area (Å²) in [6.07, 6.45) is 5.81. The molecule has 6 nitrogen and oxygen atoms in total. The van der Waals surface area contributed by atoms with E-state index in [1.165, 1.54) is 6.20 Å². The molecule has 1 aliphatic heterocycles. The van der Waals surface area contributed by atoms with Gasteiger partial charge in [-0.2, -0.15) is 0 Å². The molecular formula is C19H20N4O2. The molecule has 2 heterocycles. The zero-order valence-corrected chi connectivity index (χ0v) is 13.8. The molecular weight excluding hydrogens is 316 g/mol. The molecule has 6 heteroatoms. The minimum Gasteiger partial charge on any atom is -0.364 e. The van der Waals surface area contributed by atoms with Gasteiger partial charge in [0, 0.05) is 31.5 Å². The predicted octanol–water partition coefficient (Wildman–Crippen LogP) is 1.50. The van der Waals surface area contributed by atoms with E-state index in [4.69, 9.17) is 0 Å². The number of carbonyl (C=O) groups excluding carboxylic acids is 2. The van der Waals surface area contributed by atoms with Gasteiger partial charge in [0.2, 0.25) is 5.91 Å². The first-order valence-corrected chi connectivity index (χ1v) is 8.17. The second kappa shape index (κ2) is 8.10. The molecule has 1 aromatic carbocycles. The average molecular weight is 336 g/mol. The average Bonchev–Trinajstić information content (AvgIpc) is 3.20. The number of aromatic nitrogens is 1. The third-order valence-corrected chi connectivity index (χ3v) is 3.89. The van der Waals surface area contributed by atoms with Crippen LogP contribution in [0.25, 0.3) is 0 Å². The van der Waals surface area contributed by atoms with E-state index >= 15 is 0 Å². The van der Waals surface area contributed by atoms with Crippen LogP contribution in [0.4, 0.5) is 5.69 Å².